The van der Waals surface area contributed by atoms with Crippen LogP contribution in [0.5, 0.6) is 0 Å². The molecule has 2 aliphatic rings. The van der Waals surface area contributed by atoms with E-state index in [-0.39, 0.29) is 11.7 Å². The van der Waals surface area contributed by atoms with Crippen LogP contribution in [0.2, 0.25) is 0 Å². The van der Waals surface area contributed by atoms with E-state index in [0.29, 0.717) is 18.1 Å². The highest BCUT2D eigenvalue weighted by molar-refractivity contribution is 7.99. The number of amides is 1. The first-order valence-electron chi connectivity index (χ1n) is 11.1. The predicted octanol–water partition coefficient (Wildman–Crippen LogP) is 2.91. The van der Waals surface area contributed by atoms with Gasteiger partial charge in [0.15, 0.2) is 11.0 Å². The van der Waals surface area contributed by atoms with Crippen molar-refractivity contribution in [1.82, 2.24) is 24.6 Å². The first kappa shape index (κ1) is 22.2. The number of benzene rings is 1. The lowest BCUT2D eigenvalue weighted by Crippen LogP contribution is -2.38. The molecule has 1 amide bonds. The molecule has 7 nitrogen and oxygen atoms in total. The van der Waals surface area contributed by atoms with Gasteiger partial charge in [0.1, 0.15) is 5.82 Å². The summed E-state index contributed by atoms with van der Waals surface area (Å²) in [7, 11) is 0. The number of hydrogen-bond donors (Lipinski definition) is 0. The van der Waals surface area contributed by atoms with Crippen LogP contribution in [0.3, 0.4) is 0 Å². The smallest absolute Gasteiger partial charge is 0.233 e. The van der Waals surface area contributed by atoms with Gasteiger partial charge in [0.25, 0.3) is 0 Å². The number of hydrogen-bond acceptors (Lipinski definition) is 6. The first-order chi connectivity index (χ1) is 15.2. The van der Waals surface area contributed by atoms with Crippen LogP contribution >= 0.6 is 11.8 Å². The van der Waals surface area contributed by atoms with Gasteiger partial charge in [0, 0.05) is 44.8 Å². The zero-order valence-corrected chi connectivity index (χ0v) is 18.7. The van der Waals surface area contributed by atoms with Gasteiger partial charge in [-0.2, -0.15) is 0 Å². The minimum absolute atomic E-state index is 0.165. The highest BCUT2D eigenvalue weighted by Gasteiger charge is 2.20. The summed E-state index contributed by atoms with van der Waals surface area (Å²) in [6.07, 6.45) is 4.57. The average Bonchev–Trinajstić information content (AvgIpc) is 3.00. The van der Waals surface area contributed by atoms with E-state index in [1.807, 2.05) is 4.90 Å². The molecule has 0 saturated carbocycles. The maximum Gasteiger partial charge on any atom is 0.233 e. The van der Waals surface area contributed by atoms with Gasteiger partial charge in [0.05, 0.1) is 19.0 Å². The van der Waals surface area contributed by atoms with E-state index in [2.05, 4.69) is 19.7 Å². The van der Waals surface area contributed by atoms with E-state index in [1.54, 1.807) is 12.1 Å². The molecule has 0 atom stereocenters. The molecule has 2 aliphatic heterocycles. The minimum Gasteiger partial charge on any atom is -0.379 e. The summed E-state index contributed by atoms with van der Waals surface area (Å²) in [5, 5.41) is 9.50. The fraction of sp³-hybridized carbons (Fsp3) is 0.591. The third kappa shape index (κ3) is 6.05. The lowest BCUT2D eigenvalue weighted by Gasteiger charge is -2.27. The minimum atomic E-state index is -0.277. The molecule has 3 heterocycles. The Balaban J connectivity index is 1.47. The average molecular weight is 448 g/mol. The van der Waals surface area contributed by atoms with Crippen molar-refractivity contribution in [2.75, 3.05) is 51.7 Å². The molecule has 2 fully saturated rings. The molecule has 0 radical (unpaired) electrons. The summed E-state index contributed by atoms with van der Waals surface area (Å²) in [5.74, 6) is 0.954. The van der Waals surface area contributed by atoms with Crippen molar-refractivity contribution in [3.63, 3.8) is 0 Å². The Morgan fingerprint density at radius 1 is 0.968 bits per heavy atom. The van der Waals surface area contributed by atoms with Gasteiger partial charge in [-0.1, -0.05) is 24.6 Å². The Morgan fingerprint density at radius 2 is 1.68 bits per heavy atom. The number of rotatable bonds is 7. The van der Waals surface area contributed by atoms with Gasteiger partial charge >= 0.3 is 0 Å². The van der Waals surface area contributed by atoms with Crippen molar-refractivity contribution in [3.8, 4) is 11.4 Å². The molecule has 168 valence electrons. The lowest BCUT2D eigenvalue weighted by molar-refractivity contribution is -0.128. The molecule has 0 bridgehead atoms. The molecule has 31 heavy (non-hydrogen) atoms. The fourth-order valence-corrected chi connectivity index (χ4v) is 4.88. The molecule has 4 rings (SSSR count). The summed E-state index contributed by atoms with van der Waals surface area (Å²) in [6, 6.07) is 6.32. The van der Waals surface area contributed by atoms with Crippen molar-refractivity contribution < 1.29 is 13.9 Å². The molecular formula is C22H30FN5O2S. The fourth-order valence-electron chi connectivity index (χ4n) is 4.01. The van der Waals surface area contributed by atoms with Gasteiger partial charge in [-0.25, -0.2) is 4.39 Å². The summed E-state index contributed by atoms with van der Waals surface area (Å²) < 4.78 is 20.9. The first-order valence-corrected chi connectivity index (χ1v) is 12.1. The second-order valence-electron chi connectivity index (χ2n) is 8.00. The molecule has 2 saturated heterocycles. The number of likely N-dealkylation sites (tertiary alicyclic amines) is 1. The van der Waals surface area contributed by atoms with E-state index in [4.69, 9.17) is 4.74 Å². The van der Waals surface area contributed by atoms with Crippen LogP contribution in [0.4, 0.5) is 4.39 Å². The summed E-state index contributed by atoms with van der Waals surface area (Å²) in [6.45, 7) is 6.57. The van der Waals surface area contributed by atoms with Gasteiger partial charge in [-0.3, -0.25) is 9.69 Å². The van der Waals surface area contributed by atoms with Crippen LogP contribution in [0.15, 0.2) is 29.4 Å². The number of aromatic nitrogens is 3. The zero-order chi connectivity index (χ0) is 21.5. The van der Waals surface area contributed by atoms with Crippen molar-refractivity contribution in [2.45, 2.75) is 37.4 Å². The standard InChI is InChI=1S/C22H30FN5O2S/c23-19-7-5-18(6-8-19)21-24-25-22(28(21)12-11-26-13-15-30-16-14-26)31-17-20(29)27-9-3-1-2-4-10-27/h5-8H,1-4,9-17H2. The topological polar surface area (TPSA) is 63.5 Å². The maximum absolute atomic E-state index is 13.4. The Labute approximate surface area is 186 Å². The largest absolute Gasteiger partial charge is 0.379 e. The van der Waals surface area contributed by atoms with E-state index in [9.17, 15) is 9.18 Å². The Kier molecular flexibility index (Phi) is 7.93. The number of carbonyl (C=O) groups is 1. The molecule has 0 spiro atoms. The Bertz CT molecular complexity index is 846. The van der Waals surface area contributed by atoms with Crippen molar-refractivity contribution in [3.05, 3.63) is 30.1 Å². The molecular weight excluding hydrogens is 417 g/mol. The molecule has 0 N–H and O–H groups in total. The second-order valence-corrected chi connectivity index (χ2v) is 8.94. The number of ether oxygens (including phenoxy) is 1. The molecule has 1 aromatic heterocycles. The van der Waals surface area contributed by atoms with Crippen LogP contribution < -0.4 is 0 Å². The molecule has 1 aromatic carbocycles. The number of halogens is 1. The van der Waals surface area contributed by atoms with E-state index < -0.39 is 0 Å². The van der Waals surface area contributed by atoms with E-state index >= 15 is 0 Å². The Morgan fingerprint density at radius 3 is 2.39 bits per heavy atom. The van der Waals surface area contributed by atoms with Crippen molar-refractivity contribution in [1.29, 1.82) is 0 Å². The van der Waals surface area contributed by atoms with Crippen molar-refractivity contribution in [2.24, 2.45) is 0 Å². The third-order valence-electron chi connectivity index (χ3n) is 5.85. The second kappa shape index (κ2) is 11.1. The van der Waals surface area contributed by atoms with Crippen LogP contribution in [0, 0.1) is 5.82 Å². The molecule has 0 aliphatic carbocycles. The molecule has 2 aromatic rings. The highest BCUT2D eigenvalue weighted by Crippen LogP contribution is 2.25. The summed E-state index contributed by atoms with van der Waals surface area (Å²) >= 11 is 1.44. The molecule has 0 unspecified atom stereocenters. The number of nitrogens with zero attached hydrogens (tertiary/aromatic N) is 5. The zero-order valence-electron chi connectivity index (χ0n) is 17.8. The molecule has 9 heteroatoms. The van der Waals surface area contributed by atoms with Gasteiger partial charge < -0.3 is 14.2 Å². The van der Waals surface area contributed by atoms with Gasteiger partial charge in [-0.05, 0) is 37.1 Å². The monoisotopic (exact) mass is 447 g/mol. The van der Waals surface area contributed by atoms with Crippen LogP contribution in [-0.4, -0.2) is 82.2 Å². The van der Waals surface area contributed by atoms with Gasteiger partial charge in [-0.15, -0.1) is 10.2 Å². The SMILES string of the molecule is O=C(CSc1nnc(-c2ccc(F)cc2)n1CCN1CCOCC1)N1CCCCCC1. The van der Waals surface area contributed by atoms with Crippen LogP contribution in [-0.2, 0) is 16.1 Å². The van der Waals surface area contributed by atoms with Crippen molar-refractivity contribution >= 4 is 17.7 Å². The highest BCUT2D eigenvalue weighted by atomic mass is 32.2. The van der Waals surface area contributed by atoms with Gasteiger partial charge in [0.2, 0.25) is 5.91 Å². The summed E-state index contributed by atoms with van der Waals surface area (Å²) in [4.78, 5) is 17.1. The number of thioether (sulfide) groups is 1. The summed E-state index contributed by atoms with van der Waals surface area (Å²) in [5.41, 5.74) is 0.821. The number of morpholine rings is 1. The number of carbonyl (C=O) groups excluding carboxylic acids is 1. The quantitative estimate of drug-likeness (QED) is 0.608. The predicted molar refractivity (Wildman–Crippen MR) is 118 cm³/mol. The van der Waals surface area contributed by atoms with Crippen LogP contribution in [0.1, 0.15) is 25.7 Å². The van der Waals surface area contributed by atoms with E-state index in [0.717, 1.165) is 69.5 Å². The van der Waals surface area contributed by atoms with E-state index in [1.165, 1.54) is 36.7 Å². The Hall–Kier alpha value is -1.97. The lowest BCUT2D eigenvalue weighted by atomic mass is 10.2. The maximum atomic E-state index is 13.4. The normalized spacial score (nSPS) is 18.2. The third-order valence-corrected chi connectivity index (χ3v) is 6.80. The van der Waals surface area contributed by atoms with Crippen LogP contribution in [0.25, 0.3) is 11.4 Å².